The molecule has 3 heterocycles. The summed E-state index contributed by atoms with van der Waals surface area (Å²) in [5, 5.41) is 11.1. The maximum Gasteiger partial charge on any atom is 0.333 e. The maximum absolute atomic E-state index is 12.9. The van der Waals surface area contributed by atoms with E-state index in [0.717, 1.165) is 15.6 Å². The molecule has 4 aromatic rings. The lowest BCUT2D eigenvalue weighted by Crippen LogP contribution is -2.41. The van der Waals surface area contributed by atoms with Crippen LogP contribution in [0.4, 0.5) is 5.69 Å². The van der Waals surface area contributed by atoms with Gasteiger partial charge < -0.3 is 9.15 Å². The molecule has 0 amide bonds. The molecule has 0 unspecified atom stereocenters. The number of unbranched alkanes of at least 4 members (excludes halogenated alkanes) is 1. The van der Waals surface area contributed by atoms with E-state index in [9.17, 15) is 24.5 Å². The first kappa shape index (κ1) is 21.9. The van der Waals surface area contributed by atoms with Gasteiger partial charge in [-0.2, -0.15) is 4.98 Å². The van der Waals surface area contributed by atoms with E-state index in [1.807, 2.05) is 6.92 Å². The number of hydrogen-bond acceptors (Lipinski definition) is 9. The number of aryl methyl sites for hydroxylation is 1. The Morgan fingerprint density at radius 3 is 2.76 bits per heavy atom. The summed E-state index contributed by atoms with van der Waals surface area (Å²) in [7, 11) is 1.40. The van der Waals surface area contributed by atoms with Crippen molar-refractivity contribution in [2.45, 2.75) is 26.3 Å². The lowest BCUT2D eigenvalue weighted by molar-refractivity contribution is -0.384. The van der Waals surface area contributed by atoms with Crippen LogP contribution >= 0.6 is 0 Å². The predicted octanol–water partition coefficient (Wildman–Crippen LogP) is 2.15. The second kappa shape index (κ2) is 8.65. The van der Waals surface area contributed by atoms with E-state index in [-0.39, 0.29) is 40.4 Å². The summed E-state index contributed by atoms with van der Waals surface area (Å²) >= 11 is 0. The van der Waals surface area contributed by atoms with Crippen LogP contribution in [0, 0.1) is 10.1 Å². The second-order valence-electron chi connectivity index (χ2n) is 7.31. The predicted molar refractivity (Wildman–Crippen MR) is 117 cm³/mol. The molecule has 0 atom stereocenters. The zero-order valence-electron chi connectivity index (χ0n) is 17.8. The number of nitro benzene ring substituents is 1. The van der Waals surface area contributed by atoms with Crippen molar-refractivity contribution < 1.29 is 18.9 Å². The lowest BCUT2D eigenvalue weighted by Gasteiger charge is -2.09. The summed E-state index contributed by atoms with van der Waals surface area (Å²) in [4.78, 5) is 56.8. The Labute approximate surface area is 185 Å². The number of nitro groups is 1. The molecule has 0 N–H and O–H groups in total. The van der Waals surface area contributed by atoms with Crippen LogP contribution in [0.15, 0.2) is 44.3 Å². The van der Waals surface area contributed by atoms with E-state index in [0.29, 0.717) is 12.0 Å². The van der Waals surface area contributed by atoms with Gasteiger partial charge in [-0.25, -0.2) is 14.3 Å². The van der Waals surface area contributed by atoms with Gasteiger partial charge in [-0.3, -0.25) is 24.3 Å². The summed E-state index contributed by atoms with van der Waals surface area (Å²) in [6.45, 7) is 1.60. The highest BCUT2D eigenvalue weighted by Gasteiger charge is 2.19. The molecule has 0 saturated carbocycles. The monoisotopic (exact) mass is 453 g/mol. The number of benzene rings is 1. The Hall–Kier alpha value is -4.35. The topological polar surface area (TPSA) is 152 Å². The number of nitrogens with zero attached hydrogens (tertiary/aromatic N) is 5. The van der Waals surface area contributed by atoms with Gasteiger partial charge in [0.05, 0.1) is 11.5 Å². The number of furan rings is 1. The van der Waals surface area contributed by atoms with Crippen molar-refractivity contribution in [1.29, 1.82) is 0 Å². The number of carbonyl (C=O) groups is 1. The Balaban J connectivity index is 1.80. The zero-order chi connectivity index (χ0) is 23.7. The molecule has 0 saturated heterocycles. The van der Waals surface area contributed by atoms with Crippen molar-refractivity contribution >= 4 is 34.1 Å². The molecule has 0 aliphatic rings. The first-order valence-corrected chi connectivity index (χ1v) is 10.1. The van der Waals surface area contributed by atoms with Crippen molar-refractivity contribution in [2.24, 2.45) is 7.05 Å². The molecule has 0 aliphatic heterocycles. The third-order valence-corrected chi connectivity index (χ3v) is 5.02. The van der Waals surface area contributed by atoms with Crippen molar-refractivity contribution in [3.05, 3.63) is 61.3 Å². The van der Waals surface area contributed by atoms with Gasteiger partial charge in [-0.15, -0.1) is 0 Å². The molecular weight excluding hydrogens is 434 g/mol. The SMILES string of the molecule is CCCCOC(=O)Cn1c(=O)c2nc3cc(-c4cccc([N+](=O)[O-])c4)oc3nc2n(C)c1=O. The zero-order valence-corrected chi connectivity index (χ0v) is 17.8. The fourth-order valence-electron chi connectivity index (χ4n) is 3.27. The number of rotatable bonds is 7. The Morgan fingerprint density at radius 1 is 1.24 bits per heavy atom. The summed E-state index contributed by atoms with van der Waals surface area (Å²) in [5.74, 6) is -0.443. The molecule has 170 valence electrons. The molecule has 0 spiro atoms. The Morgan fingerprint density at radius 2 is 2.03 bits per heavy atom. The maximum atomic E-state index is 12.9. The quantitative estimate of drug-likeness (QED) is 0.177. The first-order valence-electron chi connectivity index (χ1n) is 10.1. The summed E-state index contributed by atoms with van der Waals surface area (Å²) in [6.07, 6.45) is 1.51. The van der Waals surface area contributed by atoms with Crippen LogP contribution < -0.4 is 11.2 Å². The second-order valence-corrected chi connectivity index (χ2v) is 7.31. The van der Waals surface area contributed by atoms with Gasteiger partial charge >= 0.3 is 11.7 Å². The minimum Gasteiger partial charge on any atom is -0.464 e. The molecule has 33 heavy (non-hydrogen) atoms. The van der Waals surface area contributed by atoms with Crippen LogP contribution in [0.1, 0.15) is 19.8 Å². The fraction of sp³-hybridized carbons (Fsp3) is 0.286. The van der Waals surface area contributed by atoms with Crippen LogP contribution in [-0.2, 0) is 23.1 Å². The number of hydrogen-bond donors (Lipinski definition) is 0. The summed E-state index contributed by atoms with van der Waals surface area (Å²) in [6, 6.07) is 7.32. The average Bonchev–Trinajstić information content (AvgIpc) is 3.23. The van der Waals surface area contributed by atoms with Crippen molar-refractivity contribution in [3.8, 4) is 11.3 Å². The summed E-state index contributed by atoms with van der Waals surface area (Å²) in [5.41, 5.74) is -1.10. The van der Waals surface area contributed by atoms with E-state index in [1.54, 1.807) is 6.07 Å². The third kappa shape index (κ3) is 4.10. The molecule has 0 bridgehead atoms. The van der Waals surface area contributed by atoms with Crippen molar-refractivity contribution in [3.63, 3.8) is 0 Å². The van der Waals surface area contributed by atoms with Gasteiger partial charge in [0, 0.05) is 30.8 Å². The van der Waals surface area contributed by atoms with Crippen LogP contribution in [0.5, 0.6) is 0 Å². The molecule has 12 heteroatoms. The third-order valence-electron chi connectivity index (χ3n) is 5.02. The molecule has 12 nitrogen and oxygen atoms in total. The standard InChI is InChI=1S/C21H19N5O7/c1-3-4-8-32-16(27)11-25-20(28)17-18(24(2)21(25)29)23-19-14(22-17)10-15(33-19)12-6-5-7-13(9-12)26(30)31/h5-7,9-10H,3-4,8,11H2,1-2H3. The number of fused-ring (bicyclic) bond motifs is 2. The molecule has 0 fully saturated rings. The largest absolute Gasteiger partial charge is 0.464 e. The minimum atomic E-state index is -0.784. The first-order chi connectivity index (χ1) is 15.8. The molecular formula is C21H19N5O7. The molecule has 0 radical (unpaired) electrons. The number of aromatic nitrogens is 4. The van der Waals surface area contributed by atoms with Crippen LogP contribution in [-0.4, -0.2) is 36.6 Å². The van der Waals surface area contributed by atoms with Gasteiger partial charge in [0.15, 0.2) is 11.2 Å². The van der Waals surface area contributed by atoms with E-state index in [4.69, 9.17) is 9.15 Å². The van der Waals surface area contributed by atoms with Gasteiger partial charge in [-0.05, 0) is 6.42 Å². The molecule has 1 aromatic carbocycles. The minimum absolute atomic E-state index is 0.0203. The molecule has 0 aliphatic carbocycles. The van der Waals surface area contributed by atoms with Crippen LogP contribution in [0.25, 0.3) is 33.7 Å². The Bertz CT molecular complexity index is 1520. The van der Waals surface area contributed by atoms with E-state index in [2.05, 4.69) is 9.97 Å². The number of esters is 1. The van der Waals surface area contributed by atoms with Crippen molar-refractivity contribution in [2.75, 3.05) is 6.61 Å². The highest BCUT2D eigenvalue weighted by Crippen LogP contribution is 2.28. The van der Waals surface area contributed by atoms with Gasteiger partial charge in [-0.1, -0.05) is 25.5 Å². The van der Waals surface area contributed by atoms with E-state index in [1.165, 1.54) is 31.3 Å². The highest BCUT2D eigenvalue weighted by atomic mass is 16.6. The number of ether oxygens (including phenoxy) is 1. The fourth-order valence-corrected chi connectivity index (χ4v) is 3.27. The average molecular weight is 453 g/mol. The van der Waals surface area contributed by atoms with Crippen molar-refractivity contribution in [1.82, 2.24) is 19.1 Å². The number of carbonyl (C=O) groups excluding carboxylic acids is 1. The Kier molecular flexibility index (Phi) is 5.73. The highest BCUT2D eigenvalue weighted by molar-refractivity contribution is 5.84. The smallest absolute Gasteiger partial charge is 0.333 e. The summed E-state index contributed by atoms with van der Waals surface area (Å²) < 4.78 is 12.6. The van der Waals surface area contributed by atoms with Crippen LogP contribution in [0.2, 0.25) is 0 Å². The van der Waals surface area contributed by atoms with Gasteiger partial charge in [0.1, 0.15) is 17.8 Å². The lowest BCUT2D eigenvalue weighted by atomic mass is 10.1. The van der Waals surface area contributed by atoms with Gasteiger partial charge in [0.25, 0.3) is 11.2 Å². The normalized spacial score (nSPS) is 11.2. The molecule has 3 aromatic heterocycles. The van der Waals surface area contributed by atoms with E-state index >= 15 is 0 Å². The van der Waals surface area contributed by atoms with Crippen LogP contribution in [0.3, 0.4) is 0 Å². The van der Waals surface area contributed by atoms with Gasteiger partial charge in [0.2, 0.25) is 5.71 Å². The van der Waals surface area contributed by atoms with E-state index < -0.39 is 28.7 Å². The number of non-ortho nitro benzene ring substituents is 1. The molecule has 4 rings (SSSR count).